The van der Waals surface area contributed by atoms with Crippen LogP contribution in [0.25, 0.3) is 5.57 Å². The number of rotatable bonds is 6. The lowest BCUT2D eigenvalue weighted by Crippen LogP contribution is -2.33. The number of carbonyl (C=O) groups is 2. The Bertz CT molecular complexity index is 1200. The number of likely N-dealkylation sites (N-methyl/N-ethyl adjacent to an activating group) is 1. The number of aryl methyl sites for hydroxylation is 2. The van der Waals surface area contributed by atoms with Gasteiger partial charge in [0.2, 0.25) is 0 Å². The van der Waals surface area contributed by atoms with Crippen LogP contribution in [0.2, 0.25) is 0 Å². The Labute approximate surface area is 187 Å². The number of halogens is 1. The third kappa shape index (κ3) is 4.19. The van der Waals surface area contributed by atoms with Crippen molar-refractivity contribution in [3.05, 3.63) is 112 Å². The Kier molecular flexibility index (Phi) is 5.91. The minimum absolute atomic E-state index is 0.0922. The molecule has 0 atom stereocenters. The zero-order chi connectivity index (χ0) is 22.8. The summed E-state index contributed by atoms with van der Waals surface area (Å²) < 4.78 is 13.3. The van der Waals surface area contributed by atoms with E-state index in [0.29, 0.717) is 23.4 Å². The van der Waals surface area contributed by atoms with Crippen molar-refractivity contribution >= 4 is 17.4 Å². The van der Waals surface area contributed by atoms with Crippen LogP contribution in [-0.4, -0.2) is 28.7 Å². The zero-order valence-corrected chi connectivity index (χ0v) is 18.4. The number of hydrogen-bond acceptors (Lipinski definition) is 3. The molecule has 2 amide bonds. The molecule has 0 bridgehead atoms. The van der Waals surface area contributed by atoms with Crippen LogP contribution in [-0.2, 0) is 22.7 Å². The molecule has 0 saturated carbocycles. The van der Waals surface area contributed by atoms with Gasteiger partial charge in [0.1, 0.15) is 11.5 Å². The van der Waals surface area contributed by atoms with E-state index in [2.05, 4.69) is 0 Å². The maximum Gasteiger partial charge on any atom is 0.278 e. The van der Waals surface area contributed by atoms with Crippen molar-refractivity contribution < 1.29 is 14.0 Å². The predicted octanol–water partition coefficient (Wildman–Crippen LogP) is 4.85. The van der Waals surface area contributed by atoms with Crippen molar-refractivity contribution in [2.45, 2.75) is 26.9 Å². The summed E-state index contributed by atoms with van der Waals surface area (Å²) in [7, 11) is 1.83. The Morgan fingerprint density at radius 3 is 2.16 bits per heavy atom. The fraction of sp³-hybridized carbons (Fsp3) is 0.185. The van der Waals surface area contributed by atoms with Gasteiger partial charge >= 0.3 is 0 Å². The molecule has 32 heavy (non-hydrogen) atoms. The van der Waals surface area contributed by atoms with E-state index in [9.17, 15) is 14.0 Å². The van der Waals surface area contributed by atoms with E-state index < -0.39 is 0 Å². The zero-order valence-electron chi connectivity index (χ0n) is 18.4. The molecule has 1 heterocycles. The Morgan fingerprint density at radius 1 is 0.812 bits per heavy atom. The van der Waals surface area contributed by atoms with Gasteiger partial charge in [-0.05, 0) is 53.8 Å². The van der Waals surface area contributed by atoms with Gasteiger partial charge in [-0.3, -0.25) is 14.5 Å². The quantitative estimate of drug-likeness (QED) is 0.527. The minimum Gasteiger partial charge on any atom is -0.365 e. The average Bonchev–Trinajstić information content (AvgIpc) is 3.02. The van der Waals surface area contributed by atoms with Crippen molar-refractivity contribution in [2.24, 2.45) is 0 Å². The smallest absolute Gasteiger partial charge is 0.278 e. The van der Waals surface area contributed by atoms with E-state index in [1.807, 2.05) is 74.3 Å². The summed E-state index contributed by atoms with van der Waals surface area (Å²) in [5.41, 5.74) is 5.41. The van der Waals surface area contributed by atoms with Gasteiger partial charge in [0.05, 0.1) is 12.1 Å². The maximum absolute atomic E-state index is 13.5. The second kappa shape index (κ2) is 8.79. The van der Waals surface area contributed by atoms with Crippen LogP contribution in [0.3, 0.4) is 0 Å². The van der Waals surface area contributed by atoms with E-state index in [1.165, 1.54) is 17.0 Å². The van der Waals surface area contributed by atoms with Crippen LogP contribution >= 0.6 is 0 Å². The molecule has 0 saturated heterocycles. The molecule has 0 fully saturated rings. The lowest BCUT2D eigenvalue weighted by Gasteiger charge is -2.21. The molecule has 1 aliphatic heterocycles. The number of amides is 2. The summed E-state index contributed by atoms with van der Waals surface area (Å²) in [6.07, 6.45) is 0. The second-order valence-electron chi connectivity index (χ2n) is 8.19. The molecular weight excluding hydrogens is 403 g/mol. The van der Waals surface area contributed by atoms with Gasteiger partial charge in [-0.2, -0.15) is 0 Å². The van der Waals surface area contributed by atoms with Gasteiger partial charge in [-0.15, -0.1) is 0 Å². The lowest BCUT2D eigenvalue weighted by atomic mass is 9.99. The number of carbonyl (C=O) groups excluding carboxylic acids is 2. The standard InChI is InChI=1S/C27H25FN2O2/c1-18-9-12-22(15-19(18)2)24-25(29(3)16-20-7-5-4-6-8-20)27(32)30(26(24)31)17-21-10-13-23(28)14-11-21/h4-15H,16-17H2,1-3H3. The fourth-order valence-corrected chi connectivity index (χ4v) is 3.93. The molecule has 0 N–H and O–H groups in total. The largest absolute Gasteiger partial charge is 0.365 e. The third-order valence-electron chi connectivity index (χ3n) is 5.84. The first-order valence-corrected chi connectivity index (χ1v) is 10.5. The molecule has 0 aromatic heterocycles. The molecular formula is C27H25FN2O2. The predicted molar refractivity (Wildman–Crippen MR) is 123 cm³/mol. The molecule has 0 unspecified atom stereocenters. The van der Waals surface area contributed by atoms with E-state index in [1.54, 1.807) is 12.1 Å². The summed E-state index contributed by atoms with van der Waals surface area (Å²) >= 11 is 0. The molecule has 0 aliphatic carbocycles. The summed E-state index contributed by atoms with van der Waals surface area (Å²) in [6, 6.07) is 21.5. The third-order valence-corrected chi connectivity index (χ3v) is 5.84. The van der Waals surface area contributed by atoms with E-state index in [-0.39, 0.29) is 24.2 Å². The van der Waals surface area contributed by atoms with Crippen molar-refractivity contribution in [1.82, 2.24) is 9.80 Å². The molecule has 4 rings (SSSR count). The maximum atomic E-state index is 13.5. The highest BCUT2D eigenvalue weighted by molar-refractivity contribution is 6.35. The van der Waals surface area contributed by atoms with Gasteiger partial charge < -0.3 is 4.90 Å². The van der Waals surface area contributed by atoms with Crippen molar-refractivity contribution in [2.75, 3.05) is 7.05 Å². The van der Waals surface area contributed by atoms with Crippen molar-refractivity contribution in [1.29, 1.82) is 0 Å². The van der Waals surface area contributed by atoms with E-state index in [4.69, 9.17) is 0 Å². The first kappa shape index (κ1) is 21.5. The van der Waals surface area contributed by atoms with Crippen LogP contribution in [0.5, 0.6) is 0 Å². The summed E-state index contributed by atoms with van der Waals surface area (Å²) in [5.74, 6) is -1.03. The molecule has 3 aromatic rings. The van der Waals surface area contributed by atoms with Crippen LogP contribution < -0.4 is 0 Å². The average molecular weight is 429 g/mol. The monoisotopic (exact) mass is 428 g/mol. The normalized spacial score (nSPS) is 13.8. The highest BCUT2D eigenvalue weighted by Gasteiger charge is 2.40. The van der Waals surface area contributed by atoms with E-state index >= 15 is 0 Å². The van der Waals surface area contributed by atoms with Gasteiger partial charge in [-0.1, -0.05) is 60.7 Å². The van der Waals surface area contributed by atoms with Gasteiger partial charge in [0.25, 0.3) is 11.8 Å². The summed E-state index contributed by atoms with van der Waals surface area (Å²) in [4.78, 5) is 30.1. The van der Waals surface area contributed by atoms with E-state index in [0.717, 1.165) is 22.3 Å². The molecule has 4 nitrogen and oxygen atoms in total. The fourth-order valence-electron chi connectivity index (χ4n) is 3.93. The Morgan fingerprint density at radius 2 is 1.50 bits per heavy atom. The first-order chi connectivity index (χ1) is 15.3. The van der Waals surface area contributed by atoms with Gasteiger partial charge in [0, 0.05) is 13.6 Å². The summed E-state index contributed by atoms with van der Waals surface area (Å²) in [5, 5.41) is 0. The van der Waals surface area contributed by atoms with Crippen molar-refractivity contribution in [3.8, 4) is 0 Å². The number of benzene rings is 3. The minimum atomic E-state index is -0.356. The molecule has 1 aliphatic rings. The Balaban J connectivity index is 1.74. The number of hydrogen-bond donors (Lipinski definition) is 0. The highest BCUT2D eigenvalue weighted by atomic mass is 19.1. The van der Waals surface area contributed by atoms with Gasteiger partial charge in [-0.25, -0.2) is 4.39 Å². The molecule has 0 spiro atoms. The van der Waals surface area contributed by atoms with Crippen molar-refractivity contribution in [3.63, 3.8) is 0 Å². The van der Waals surface area contributed by atoms with Crippen LogP contribution in [0.1, 0.15) is 27.8 Å². The molecule has 3 aromatic carbocycles. The Hall–Kier alpha value is -3.73. The topological polar surface area (TPSA) is 40.6 Å². The first-order valence-electron chi connectivity index (χ1n) is 10.5. The van der Waals surface area contributed by atoms with Crippen LogP contribution in [0.4, 0.5) is 4.39 Å². The highest BCUT2D eigenvalue weighted by Crippen LogP contribution is 2.33. The van der Waals surface area contributed by atoms with Crippen LogP contribution in [0.15, 0.2) is 78.5 Å². The SMILES string of the molecule is Cc1ccc(C2=C(N(C)Cc3ccccc3)C(=O)N(Cc3ccc(F)cc3)C2=O)cc1C. The van der Waals surface area contributed by atoms with Gasteiger partial charge in [0.15, 0.2) is 0 Å². The molecule has 162 valence electrons. The van der Waals surface area contributed by atoms with Crippen LogP contribution in [0, 0.1) is 19.7 Å². The number of nitrogens with zero attached hydrogens (tertiary/aromatic N) is 2. The molecule has 5 heteroatoms. The lowest BCUT2D eigenvalue weighted by molar-refractivity contribution is -0.138. The summed E-state index contributed by atoms with van der Waals surface area (Å²) in [6.45, 7) is 4.59. The number of imide groups is 1. The molecule has 0 radical (unpaired) electrons. The second-order valence-corrected chi connectivity index (χ2v) is 8.19.